The van der Waals surface area contributed by atoms with Crippen molar-refractivity contribution in [2.24, 2.45) is 17.1 Å². The molecule has 0 bridgehead atoms. The molecule has 1 aromatic carbocycles. The molecule has 2 saturated carbocycles. The quantitative estimate of drug-likeness (QED) is 0.159. The van der Waals surface area contributed by atoms with E-state index in [1.807, 2.05) is 13.1 Å². The molecule has 61 heavy (non-hydrogen) atoms. The number of pyridine rings is 1. The fourth-order valence-electron chi connectivity index (χ4n) is 12.3. The molecule has 4 fully saturated rings. The number of nitrogens with one attached hydrogen (secondary N) is 2. The Bertz CT molecular complexity index is 2130. The molecule has 5 atom stereocenters. The molecule has 4 aliphatic carbocycles. The summed E-state index contributed by atoms with van der Waals surface area (Å²) in [7, 11) is 0. The van der Waals surface area contributed by atoms with E-state index < -0.39 is 5.60 Å². The van der Waals surface area contributed by atoms with Gasteiger partial charge in [0.1, 0.15) is 17.9 Å². The van der Waals surface area contributed by atoms with Gasteiger partial charge in [-0.25, -0.2) is 0 Å². The largest absolute Gasteiger partial charge is 0.474 e. The highest BCUT2D eigenvalue weighted by Crippen LogP contribution is 2.55. The van der Waals surface area contributed by atoms with Crippen molar-refractivity contribution >= 4 is 28.5 Å². The molecular weight excluding hydrogens is 775 g/mol. The SMILES string of the molecule is CC(C)c1ccccc1[C@@H]1CCCN1C1CC2(CCN(C3=CCC(SC4C=C(N)C(NC[C@H]5CC[C@](C)(O)CC5)CC4)C(N4c5cc6cc[nH]c6nc5OCC4C)=C3)CC2)C1. The molecule has 2 saturated heterocycles. The molecule has 0 radical (unpaired) electrons. The third kappa shape index (κ3) is 8.40. The van der Waals surface area contributed by atoms with Gasteiger partial charge in [-0.15, -0.1) is 11.8 Å². The Morgan fingerprint density at radius 3 is 2.62 bits per heavy atom. The third-order valence-corrected chi connectivity index (χ3v) is 17.5. The van der Waals surface area contributed by atoms with Crippen LogP contribution < -0.4 is 20.7 Å². The van der Waals surface area contributed by atoms with E-state index in [9.17, 15) is 5.11 Å². The van der Waals surface area contributed by atoms with E-state index in [2.05, 4.69) is 112 Å². The zero-order valence-corrected chi connectivity index (χ0v) is 38.1. The number of rotatable bonds is 10. The Balaban J connectivity index is 0.832. The van der Waals surface area contributed by atoms with Crippen molar-refractivity contribution in [3.05, 3.63) is 89.0 Å². The molecule has 1 spiro atoms. The number of allylic oxidation sites excluding steroid dienone is 2. The van der Waals surface area contributed by atoms with Crippen LogP contribution in [0.1, 0.15) is 134 Å². The Labute approximate surface area is 369 Å². The zero-order chi connectivity index (χ0) is 41.9. The summed E-state index contributed by atoms with van der Waals surface area (Å²) in [6.45, 7) is 14.1. The van der Waals surface area contributed by atoms with Crippen LogP contribution in [0.4, 0.5) is 5.69 Å². The van der Waals surface area contributed by atoms with Crippen LogP contribution in [-0.2, 0) is 0 Å². The number of anilines is 1. The van der Waals surface area contributed by atoms with Crippen molar-refractivity contribution in [1.82, 2.24) is 25.1 Å². The number of piperidine rings is 1. The first-order valence-corrected chi connectivity index (χ1v) is 25.0. The number of hydrogen-bond donors (Lipinski definition) is 4. The van der Waals surface area contributed by atoms with Gasteiger partial charge in [0, 0.05) is 70.4 Å². The molecule has 5 heterocycles. The van der Waals surface area contributed by atoms with E-state index in [0.29, 0.717) is 40.4 Å². The van der Waals surface area contributed by atoms with Gasteiger partial charge >= 0.3 is 0 Å². The van der Waals surface area contributed by atoms with E-state index >= 15 is 0 Å². The van der Waals surface area contributed by atoms with Crippen molar-refractivity contribution in [3.8, 4) is 5.88 Å². The van der Waals surface area contributed by atoms with Gasteiger partial charge in [-0.3, -0.25) is 4.90 Å². The van der Waals surface area contributed by atoms with E-state index in [0.717, 1.165) is 98.9 Å². The monoisotopic (exact) mass is 846 g/mol. The minimum absolute atomic E-state index is 0.182. The van der Waals surface area contributed by atoms with Crippen molar-refractivity contribution < 1.29 is 9.84 Å². The molecule has 3 aliphatic heterocycles. The summed E-state index contributed by atoms with van der Waals surface area (Å²) in [5.74, 6) is 1.91. The minimum atomic E-state index is -0.491. The Morgan fingerprint density at radius 2 is 1.84 bits per heavy atom. The minimum Gasteiger partial charge on any atom is -0.474 e. The van der Waals surface area contributed by atoms with Gasteiger partial charge in [-0.2, -0.15) is 4.98 Å². The Morgan fingerprint density at radius 1 is 1.03 bits per heavy atom. The number of thioether (sulfide) groups is 1. The highest BCUT2D eigenvalue weighted by atomic mass is 32.2. The number of aromatic nitrogens is 2. The van der Waals surface area contributed by atoms with Crippen LogP contribution in [0.5, 0.6) is 5.88 Å². The van der Waals surface area contributed by atoms with Gasteiger partial charge in [0.05, 0.1) is 11.6 Å². The molecular formula is C51H71N7O2S. The average molecular weight is 846 g/mol. The highest BCUT2D eigenvalue weighted by Gasteiger charge is 2.50. The number of hydrogen-bond acceptors (Lipinski definition) is 9. The Hall–Kier alpha value is -3.44. The number of H-pyrrole nitrogens is 1. The number of nitrogens with zero attached hydrogens (tertiary/aromatic N) is 4. The van der Waals surface area contributed by atoms with Gasteiger partial charge in [0.25, 0.3) is 0 Å². The standard InChI is InChI=1S/C51H71N7O2S/c1-33(2)40-8-5-6-9-41(40)44-10-7-23-57(44)38-29-51(30-38)20-24-56(25-21-51)37-11-14-47(45(27-37)58-34(3)32-60-49-46(58)26-36-17-22-53-48(36)55-49)61-39-12-13-43(42(52)28-39)54-31-35-15-18-50(4,59)19-16-35/h5-6,8-9,11,17,22,26-28,33-35,38-39,43-44,47,54,59H,7,10,12-16,18-21,23-25,29-32,52H2,1-4H3,(H,53,55)/t34?,35-,39?,43?,44-,47?,50-/m0/s1. The lowest BCUT2D eigenvalue weighted by atomic mass is 9.59. The molecule has 5 N–H and O–H groups in total. The molecule has 2 aromatic heterocycles. The predicted molar refractivity (Wildman–Crippen MR) is 251 cm³/mol. The average Bonchev–Trinajstić information content (AvgIpc) is 3.92. The lowest BCUT2D eigenvalue weighted by Gasteiger charge is -2.56. The molecule has 10 rings (SSSR count). The van der Waals surface area contributed by atoms with E-state index in [1.165, 1.54) is 56.5 Å². The third-order valence-electron chi connectivity index (χ3n) is 16.0. The second-order valence-electron chi connectivity index (χ2n) is 20.7. The first-order valence-electron chi connectivity index (χ1n) is 24.0. The first kappa shape index (κ1) is 41.6. The summed E-state index contributed by atoms with van der Waals surface area (Å²) in [6.07, 6.45) is 24.5. The maximum atomic E-state index is 10.4. The van der Waals surface area contributed by atoms with Crippen LogP contribution in [0.3, 0.4) is 0 Å². The molecule has 328 valence electrons. The number of likely N-dealkylation sites (tertiary alicyclic amines) is 2. The normalized spacial score (nSPS) is 32.1. The zero-order valence-electron chi connectivity index (χ0n) is 37.3. The lowest BCUT2D eigenvalue weighted by Crippen LogP contribution is -2.54. The number of ether oxygens (including phenoxy) is 1. The molecule has 0 amide bonds. The van der Waals surface area contributed by atoms with Crippen molar-refractivity contribution in [2.45, 2.75) is 157 Å². The molecule has 4 unspecified atom stereocenters. The Kier molecular flexibility index (Phi) is 11.5. The predicted octanol–water partition coefficient (Wildman–Crippen LogP) is 9.53. The molecule has 9 nitrogen and oxygen atoms in total. The summed E-state index contributed by atoms with van der Waals surface area (Å²) in [4.78, 5) is 16.4. The van der Waals surface area contributed by atoms with Crippen molar-refractivity contribution in [3.63, 3.8) is 0 Å². The van der Waals surface area contributed by atoms with Crippen LogP contribution in [-0.4, -0.2) is 91.9 Å². The van der Waals surface area contributed by atoms with Crippen LogP contribution in [0.2, 0.25) is 0 Å². The van der Waals surface area contributed by atoms with Gasteiger partial charge < -0.3 is 35.7 Å². The van der Waals surface area contributed by atoms with E-state index in [1.54, 1.807) is 11.1 Å². The fraction of sp³-hybridized carbons (Fsp3) is 0.627. The maximum Gasteiger partial charge on any atom is 0.240 e. The lowest BCUT2D eigenvalue weighted by molar-refractivity contribution is -0.0421. The maximum absolute atomic E-state index is 10.4. The second-order valence-corrected chi connectivity index (χ2v) is 22.2. The first-order chi connectivity index (χ1) is 29.5. The summed E-state index contributed by atoms with van der Waals surface area (Å²) < 4.78 is 6.32. The van der Waals surface area contributed by atoms with Crippen LogP contribution in [0.25, 0.3) is 11.0 Å². The summed E-state index contributed by atoms with van der Waals surface area (Å²) in [5, 5.41) is 16.0. The number of benzene rings is 1. The summed E-state index contributed by atoms with van der Waals surface area (Å²) >= 11 is 2.09. The number of fused-ring (bicyclic) bond motifs is 2. The topological polar surface area (TPSA) is 106 Å². The molecule has 10 heteroatoms. The molecule has 3 aromatic rings. The van der Waals surface area contributed by atoms with Gasteiger partial charge in [0.15, 0.2) is 0 Å². The van der Waals surface area contributed by atoms with Crippen LogP contribution in [0.15, 0.2) is 77.9 Å². The number of aromatic amines is 1. The fourth-order valence-corrected chi connectivity index (χ4v) is 13.8. The second kappa shape index (κ2) is 16.9. The van der Waals surface area contributed by atoms with Gasteiger partial charge in [0.2, 0.25) is 5.88 Å². The van der Waals surface area contributed by atoms with Crippen molar-refractivity contribution in [1.29, 1.82) is 0 Å². The van der Waals surface area contributed by atoms with Gasteiger partial charge in [-0.1, -0.05) is 50.3 Å². The van der Waals surface area contributed by atoms with Crippen LogP contribution >= 0.6 is 11.8 Å². The van der Waals surface area contributed by atoms with Gasteiger partial charge in [-0.05, 0) is 157 Å². The van der Waals surface area contributed by atoms with Crippen LogP contribution in [0, 0.1) is 11.3 Å². The van der Waals surface area contributed by atoms with E-state index in [4.69, 9.17) is 15.5 Å². The number of nitrogens with two attached hydrogens (primary N) is 1. The van der Waals surface area contributed by atoms with E-state index in [-0.39, 0.29) is 12.1 Å². The number of aliphatic hydroxyl groups is 1. The highest BCUT2D eigenvalue weighted by molar-refractivity contribution is 8.00. The molecule has 7 aliphatic rings. The smallest absolute Gasteiger partial charge is 0.240 e. The summed E-state index contributed by atoms with van der Waals surface area (Å²) in [6, 6.07) is 15.4. The summed E-state index contributed by atoms with van der Waals surface area (Å²) in [5.41, 5.74) is 15.7. The van der Waals surface area contributed by atoms with Crippen molar-refractivity contribution in [2.75, 3.05) is 37.7 Å².